The average Bonchev–Trinajstić information content (AvgIpc) is 3.20. The Kier molecular flexibility index (Phi) is 13.0. The molecule has 28 heavy (non-hydrogen) atoms. The number of rotatable bonds is 11. The van der Waals surface area contributed by atoms with Crippen LogP contribution in [0, 0.1) is 0 Å². The van der Waals surface area contributed by atoms with Crippen molar-refractivity contribution in [1.29, 1.82) is 0 Å². The molecule has 1 fully saturated rings. The highest BCUT2D eigenvalue weighted by Gasteiger charge is 2.15. The lowest BCUT2D eigenvalue weighted by Gasteiger charge is -2.19. The fourth-order valence-electron chi connectivity index (χ4n) is 2.81. The molecule has 8 heteroatoms. The van der Waals surface area contributed by atoms with E-state index in [1.165, 1.54) is 0 Å². The summed E-state index contributed by atoms with van der Waals surface area (Å²) < 4.78 is 22.4. The zero-order valence-electron chi connectivity index (χ0n) is 17.1. The molecule has 0 bridgehead atoms. The number of aliphatic imine (C=N–C) groups is 1. The van der Waals surface area contributed by atoms with Crippen molar-refractivity contribution in [1.82, 2.24) is 10.6 Å². The summed E-state index contributed by atoms with van der Waals surface area (Å²) in [5.41, 5.74) is 0. The minimum Gasteiger partial charge on any atom is -0.493 e. The Morgan fingerprint density at radius 3 is 2.75 bits per heavy atom. The number of nitrogens with zero attached hydrogens (tertiary/aromatic N) is 1. The fraction of sp³-hybridized carbons (Fsp3) is 0.650. The van der Waals surface area contributed by atoms with E-state index in [1.807, 2.05) is 31.2 Å². The molecule has 0 aliphatic carbocycles. The van der Waals surface area contributed by atoms with E-state index < -0.39 is 0 Å². The van der Waals surface area contributed by atoms with Gasteiger partial charge in [0.25, 0.3) is 0 Å². The summed E-state index contributed by atoms with van der Waals surface area (Å²) >= 11 is 0. The van der Waals surface area contributed by atoms with Crippen LogP contribution in [0.25, 0.3) is 0 Å². The summed E-state index contributed by atoms with van der Waals surface area (Å²) in [6, 6.07) is 7.64. The van der Waals surface area contributed by atoms with Gasteiger partial charge in [0.15, 0.2) is 17.5 Å². The molecule has 1 aliphatic rings. The summed E-state index contributed by atoms with van der Waals surface area (Å²) in [4.78, 5) is 4.23. The van der Waals surface area contributed by atoms with Gasteiger partial charge in [-0.15, -0.1) is 24.0 Å². The molecule has 0 saturated carbocycles. The average molecular weight is 507 g/mol. The Morgan fingerprint density at radius 1 is 1.29 bits per heavy atom. The molecule has 0 radical (unpaired) electrons. The molecule has 1 aromatic rings. The number of benzene rings is 1. The maximum Gasteiger partial charge on any atom is 0.191 e. The molecule has 1 aliphatic heterocycles. The molecule has 2 rings (SSSR count). The van der Waals surface area contributed by atoms with Crippen LogP contribution in [0.15, 0.2) is 29.3 Å². The summed E-state index contributed by atoms with van der Waals surface area (Å²) in [7, 11) is 3.40. The van der Waals surface area contributed by atoms with Crippen molar-refractivity contribution < 1.29 is 18.9 Å². The van der Waals surface area contributed by atoms with E-state index in [0.717, 1.165) is 56.5 Å². The Balaban J connectivity index is 0.00000392. The van der Waals surface area contributed by atoms with Crippen molar-refractivity contribution in [2.45, 2.75) is 38.4 Å². The number of methoxy groups -OCH3 is 1. The molecular formula is C20H34IN3O4. The molecule has 2 N–H and O–H groups in total. The maximum absolute atomic E-state index is 5.94. The quantitative estimate of drug-likeness (QED) is 0.208. The number of ether oxygens (including phenoxy) is 4. The normalized spacial score (nSPS) is 17.5. The molecule has 1 aromatic carbocycles. The zero-order valence-corrected chi connectivity index (χ0v) is 19.4. The van der Waals surface area contributed by atoms with Gasteiger partial charge in [0.05, 0.1) is 26.4 Å². The largest absolute Gasteiger partial charge is 0.493 e. The summed E-state index contributed by atoms with van der Waals surface area (Å²) in [6.07, 6.45) is 3.44. The van der Waals surface area contributed by atoms with Gasteiger partial charge in [0.2, 0.25) is 0 Å². The van der Waals surface area contributed by atoms with E-state index in [9.17, 15) is 0 Å². The summed E-state index contributed by atoms with van der Waals surface area (Å²) in [6.45, 7) is 5.73. The van der Waals surface area contributed by atoms with Gasteiger partial charge >= 0.3 is 0 Å². The molecule has 0 aromatic heterocycles. The van der Waals surface area contributed by atoms with E-state index in [-0.39, 0.29) is 36.2 Å². The van der Waals surface area contributed by atoms with Gasteiger partial charge in [-0.3, -0.25) is 4.99 Å². The first-order chi connectivity index (χ1) is 13.2. The molecule has 7 nitrogen and oxygen atoms in total. The van der Waals surface area contributed by atoms with Gasteiger partial charge < -0.3 is 29.6 Å². The minimum atomic E-state index is -0.0328. The lowest BCUT2D eigenvalue weighted by molar-refractivity contribution is 0.0168. The predicted octanol–water partition coefficient (Wildman–Crippen LogP) is 2.83. The topological polar surface area (TPSA) is 73.3 Å². The molecule has 1 saturated heterocycles. The van der Waals surface area contributed by atoms with Crippen LogP contribution in [0.2, 0.25) is 0 Å². The van der Waals surface area contributed by atoms with Gasteiger partial charge in [0.1, 0.15) is 6.10 Å². The number of para-hydroxylation sites is 2. The first kappa shape index (κ1) is 24.8. The number of nitrogens with one attached hydrogen (secondary N) is 2. The van der Waals surface area contributed by atoms with Crippen molar-refractivity contribution in [3.05, 3.63) is 24.3 Å². The molecule has 0 spiro atoms. The van der Waals surface area contributed by atoms with E-state index >= 15 is 0 Å². The Morgan fingerprint density at radius 2 is 2.07 bits per heavy atom. The van der Waals surface area contributed by atoms with E-state index in [1.54, 1.807) is 14.2 Å². The Bertz CT molecular complexity index is 568. The fourth-order valence-corrected chi connectivity index (χ4v) is 2.81. The van der Waals surface area contributed by atoms with Crippen molar-refractivity contribution in [3.8, 4) is 11.5 Å². The minimum absolute atomic E-state index is 0. The highest BCUT2D eigenvalue weighted by molar-refractivity contribution is 14.0. The van der Waals surface area contributed by atoms with Crippen LogP contribution >= 0.6 is 24.0 Å². The third-order valence-corrected chi connectivity index (χ3v) is 4.26. The molecule has 2 unspecified atom stereocenters. The van der Waals surface area contributed by atoms with Gasteiger partial charge in [-0.2, -0.15) is 0 Å². The Hall–Kier alpha value is -1.26. The monoisotopic (exact) mass is 507 g/mol. The van der Waals surface area contributed by atoms with Gasteiger partial charge in [-0.25, -0.2) is 0 Å². The second-order valence-electron chi connectivity index (χ2n) is 6.52. The highest BCUT2D eigenvalue weighted by atomic mass is 127. The van der Waals surface area contributed by atoms with E-state index in [2.05, 4.69) is 15.6 Å². The lowest BCUT2D eigenvalue weighted by atomic mass is 10.2. The molecule has 2 atom stereocenters. The van der Waals surface area contributed by atoms with E-state index in [0.29, 0.717) is 13.2 Å². The van der Waals surface area contributed by atoms with Gasteiger partial charge in [-0.1, -0.05) is 12.1 Å². The zero-order chi connectivity index (χ0) is 19.3. The number of hydrogen-bond donors (Lipinski definition) is 2. The van der Waals surface area contributed by atoms with Crippen LogP contribution in [-0.2, 0) is 9.47 Å². The van der Waals surface area contributed by atoms with Crippen molar-refractivity contribution in [3.63, 3.8) is 0 Å². The SMILES string of the molecule is CN=C(NCCCOCC1CCCO1)NCC(C)Oc1ccccc1OC.I. The van der Waals surface area contributed by atoms with Crippen LogP contribution in [0.1, 0.15) is 26.2 Å². The summed E-state index contributed by atoms with van der Waals surface area (Å²) in [5.74, 6) is 2.22. The van der Waals surface area contributed by atoms with Crippen LogP contribution in [0.5, 0.6) is 11.5 Å². The second kappa shape index (κ2) is 14.7. The van der Waals surface area contributed by atoms with Crippen molar-refractivity contribution >= 4 is 29.9 Å². The number of guanidine groups is 1. The lowest BCUT2D eigenvalue weighted by Crippen LogP contribution is -2.42. The van der Waals surface area contributed by atoms with Crippen LogP contribution < -0.4 is 20.1 Å². The van der Waals surface area contributed by atoms with Crippen LogP contribution in [0.4, 0.5) is 0 Å². The molecular weight excluding hydrogens is 473 g/mol. The van der Waals surface area contributed by atoms with Crippen molar-refractivity contribution in [2.75, 3.05) is 47.1 Å². The maximum atomic E-state index is 5.94. The summed E-state index contributed by atoms with van der Waals surface area (Å²) in [5, 5.41) is 6.56. The standard InChI is InChI=1S/C20H33N3O4.HI/c1-16(27-19-10-5-4-9-18(19)24-3)14-23-20(21-2)22-11-7-12-25-15-17-8-6-13-26-17;/h4-5,9-10,16-17H,6-8,11-15H2,1-3H3,(H2,21,22,23);1H. The third kappa shape index (κ3) is 9.29. The van der Waals surface area contributed by atoms with Gasteiger partial charge in [-0.05, 0) is 38.3 Å². The van der Waals surface area contributed by atoms with Gasteiger partial charge in [0, 0.05) is 26.8 Å². The molecule has 160 valence electrons. The van der Waals surface area contributed by atoms with Crippen LogP contribution in [-0.4, -0.2) is 65.2 Å². The first-order valence-electron chi connectivity index (χ1n) is 9.66. The first-order valence-corrected chi connectivity index (χ1v) is 9.66. The molecule has 0 amide bonds. The van der Waals surface area contributed by atoms with Crippen molar-refractivity contribution in [2.24, 2.45) is 4.99 Å². The number of halogens is 1. The second-order valence-corrected chi connectivity index (χ2v) is 6.52. The van der Waals surface area contributed by atoms with E-state index in [4.69, 9.17) is 18.9 Å². The third-order valence-electron chi connectivity index (χ3n) is 4.26. The number of hydrogen-bond acceptors (Lipinski definition) is 5. The smallest absolute Gasteiger partial charge is 0.191 e. The van der Waals surface area contributed by atoms with Crippen LogP contribution in [0.3, 0.4) is 0 Å². The predicted molar refractivity (Wildman–Crippen MR) is 122 cm³/mol. The highest BCUT2D eigenvalue weighted by Crippen LogP contribution is 2.26. The molecule has 1 heterocycles. The Labute approximate surface area is 185 Å².